The van der Waals surface area contributed by atoms with Crippen molar-refractivity contribution in [2.45, 2.75) is 25.3 Å². The Morgan fingerprint density at radius 3 is 2.64 bits per heavy atom. The van der Waals surface area contributed by atoms with Crippen LogP contribution in [0.3, 0.4) is 0 Å². The third kappa shape index (κ3) is 2.42. The molecule has 0 aromatic heterocycles. The van der Waals surface area contributed by atoms with Gasteiger partial charge >= 0.3 is 0 Å². The Morgan fingerprint density at radius 2 is 2.14 bits per heavy atom. The molecule has 1 aliphatic rings. The zero-order valence-corrected chi connectivity index (χ0v) is 7.97. The zero-order chi connectivity index (χ0) is 10.7. The van der Waals surface area contributed by atoms with Crippen LogP contribution in [-0.2, 0) is 4.79 Å². The maximum absolute atomic E-state index is 10.7. The highest BCUT2D eigenvalue weighted by atomic mass is 16.3. The summed E-state index contributed by atoms with van der Waals surface area (Å²) >= 11 is 0. The van der Waals surface area contributed by atoms with Gasteiger partial charge in [-0.2, -0.15) is 0 Å². The second-order valence-corrected chi connectivity index (χ2v) is 3.51. The molecule has 6 nitrogen and oxygen atoms in total. The quantitative estimate of drug-likeness (QED) is 0.339. The number of amides is 1. The summed E-state index contributed by atoms with van der Waals surface area (Å²) in [7, 11) is 0. The van der Waals surface area contributed by atoms with E-state index >= 15 is 0 Å². The first-order chi connectivity index (χ1) is 6.56. The fraction of sp³-hybridized carbons (Fsp3) is 0.875. The summed E-state index contributed by atoms with van der Waals surface area (Å²) in [4.78, 5) is 10.7. The number of nitrogens with one attached hydrogen (secondary N) is 2. The molecule has 0 aromatic rings. The van der Waals surface area contributed by atoms with Crippen molar-refractivity contribution in [3.8, 4) is 0 Å². The molecule has 0 spiro atoms. The number of aliphatic hydroxyl groups excluding tert-OH is 3. The first kappa shape index (κ1) is 11.4. The molecule has 1 heterocycles. The maximum Gasteiger partial charge on any atom is 0.218 e. The number of carbonyl (C=O) groups excluding carboxylic acids is 1. The van der Waals surface area contributed by atoms with Crippen LogP contribution in [0.15, 0.2) is 0 Å². The van der Waals surface area contributed by atoms with Gasteiger partial charge in [0.1, 0.15) is 12.3 Å². The van der Waals surface area contributed by atoms with Crippen molar-refractivity contribution in [3.05, 3.63) is 0 Å². The van der Waals surface area contributed by atoms with Gasteiger partial charge in [0, 0.05) is 26.0 Å². The molecule has 1 amide bonds. The Hall–Kier alpha value is -0.690. The third-order valence-electron chi connectivity index (χ3n) is 2.37. The SMILES string of the molecule is CC(=O)N[C@@H]1NC[C@H](CO)[C@H](O)[C@@H]1O. The smallest absolute Gasteiger partial charge is 0.218 e. The minimum absolute atomic E-state index is 0.196. The van der Waals surface area contributed by atoms with Gasteiger partial charge in [0.2, 0.25) is 5.91 Å². The topological polar surface area (TPSA) is 102 Å². The van der Waals surface area contributed by atoms with Crippen molar-refractivity contribution in [2.75, 3.05) is 13.2 Å². The van der Waals surface area contributed by atoms with Crippen LogP contribution in [0.4, 0.5) is 0 Å². The molecule has 5 N–H and O–H groups in total. The van der Waals surface area contributed by atoms with Crippen LogP contribution in [-0.4, -0.2) is 52.8 Å². The number of carbonyl (C=O) groups is 1. The molecule has 82 valence electrons. The number of hydrogen-bond acceptors (Lipinski definition) is 5. The van der Waals surface area contributed by atoms with Crippen molar-refractivity contribution in [3.63, 3.8) is 0 Å². The van der Waals surface area contributed by atoms with E-state index in [9.17, 15) is 15.0 Å². The molecule has 1 saturated heterocycles. The maximum atomic E-state index is 10.7. The van der Waals surface area contributed by atoms with E-state index in [0.29, 0.717) is 6.54 Å². The van der Waals surface area contributed by atoms with Gasteiger partial charge in [-0.15, -0.1) is 0 Å². The highest BCUT2D eigenvalue weighted by molar-refractivity contribution is 5.73. The lowest BCUT2D eigenvalue weighted by Crippen LogP contribution is -2.64. The second-order valence-electron chi connectivity index (χ2n) is 3.51. The van der Waals surface area contributed by atoms with Gasteiger partial charge in [0.25, 0.3) is 0 Å². The molecule has 0 unspecified atom stereocenters. The van der Waals surface area contributed by atoms with E-state index in [0.717, 1.165) is 0 Å². The largest absolute Gasteiger partial charge is 0.396 e. The van der Waals surface area contributed by atoms with E-state index in [1.54, 1.807) is 0 Å². The Balaban J connectivity index is 2.54. The van der Waals surface area contributed by atoms with Crippen LogP contribution >= 0.6 is 0 Å². The van der Waals surface area contributed by atoms with Gasteiger partial charge in [0.05, 0.1) is 6.10 Å². The Kier molecular flexibility index (Phi) is 3.82. The number of rotatable bonds is 2. The van der Waals surface area contributed by atoms with Crippen molar-refractivity contribution >= 4 is 5.91 Å². The fourth-order valence-electron chi connectivity index (χ4n) is 1.52. The van der Waals surface area contributed by atoms with Gasteiger partial charge in [0.15, 0.2) is 0 Å². The highest BCUT2D eigenvalue weighted by Crippen LogP contribution is 2.14. The van der Waals surface area contributed by atoms with Crippen molar-refractivity contribution in [2.24, 2.45) is 5.92 Å². The molecule has 1 rings (SSSR count). The average Bonchev–Trinajstić information content (AvgIpc) is 2.13. The second kappa shape index (κ2) is 4.70. The lowest BCUT2D eigenvalue weighted by Gasteiger charge is -2.37. The highest BCUT2D eigenvalue weighted by Gasteiger charge is 2.36. The van der Waals surface area contributed by atoms with Gasteiger partial charge in [-0.25, -0.2) is 0 Å². The van der Waals surface area contributed by atoms with Crippen LogP contribution < -0.4 is 10.6 Å². The Bertz CT molecular complexity index is 212. The predicted octanol–water partition coefficient (Wildman–Crippen LogP) is -2.62. The van der Waals surface area contributed by atoms with E-state index in [1.165, 1.54) is 6.92 Å². The summed E-state index contributed by atoms with van der Waals surface area (Å²) < 4.78 is 0. The molecule has 0 radical (unpaired) electrons. The third-order valence-corrected chi connectivity index (χ3v) is 2.37. The summed E-state index contributed by atoms with van der Waals surface area (Å²) in [6, 6.07) is 0. The van der Waals surface area contributed by atoms with Crippen LogP contribution in [0.2, 0.25) is 0 Å². The molecule has 0 saturated carbocycles. The minimum atomic E-state index is -1.09. The van der Waals surface area contributed by atoms with Crippen molar-refractivity contribution < 1.29 is 20.1 Å². The van der Waals surface area contributed by atoms with E-state index in [1.807, 2.05) is 0 Å². The van der Waals surface area contributed by atoms with Crippen molar-refractivity contribution in [1.29, 1.82) is 0 Å². The Labute approximate surface area is 81.9 Å². The van der Waals surface area contributed by atoms with Crippen LogP contribution in [0.1, 0.15) is 6.92 Å². The normalized spacial score (nSPS) is 38.0. The van der Waals surface area contributed by atoms with E-state index in [4.69, 9.17) is 5.11 Å². The Morgan fingerprint density at radius 1 is 1.50 bits per heavy atom. The van der Waals surface area contributed by atoms with Crippen molar-refractivity contribution in [1.82, 2.24) is 10.6 Å². The molecular weight excluding hydrogens is 188 g/mol. The molecular formula is C8H16N2O4. The summed E-state index contributed by atoms with van der Waals surface area (Å²) in [5.41, 5.74) is 0. The number of hydrogen-bond donors (Lipinski definition) is 5. The molecule has 0 aliphatic carbocycles. The average molecular weight is 204 g/mol. The lowest BCUT2D eigenvalue weighted by atomic mass is 9.92. The molecule has 0 bridgehead atoms. The van der Waals surface area contributed by atoms with Crippen LogP contribution in [0, 0.1) is 5.92 Å². The van der Waals surface area contributed by atoms with E-state index in [2.05, 4.69) is 10.6 Å². The van der Waals surface area contributed by atoms with Crippen LogP contribution in [0.5, 0.6) is 0 Å². The van der Waals surface area contributed by atoms with Crippen LogP contribution in [0.25, 0.3) is 0 Å². The summed E-state index contributed by atoms with van der Waals surface area (Å²) in [5, 5.41) is 33.2. The van der Waals surface area contributed by atoms with Gasteiger partial charge in [-0.05, 0) is 0 Å². The molecule has 0 aromatic carbocycles. The minimum Gasteiger partial charge on any atom is -0.396 e. The first-order valence-corrected chi connectivity index (χ1v) is 4.53. The molecule has 1 aliphatic heterocycles. The molecule has 4 atom stereocenters. The molecule has 1 fully saturated rings. The standard InChI is InChI=1S/C8H16N2O4/c1-4(12)10-8-7(14)6(13)5(3-11)2-9-8/h5-9,11,13-14H,2-3H2,1H3,(H,10,12)/t5-,6+,7+,8+/m1/s1. The van der Waals surface area contributed by atoms with Gasteiger partial charge < -0.3 is 20.6 Å². The summed E-state index contributed by atoms with van der Waals surface area (Å²) in [6.07, 6.45) is -2.76. The fourth-order valence-corrected chi connectivity index (χ4v) is 1.52. The van der Waals surface area contributed by atoms with Gasteiger partial charge in [-0.1, -0.05) is 0 Å². The summed E-state index contributed by atoms with van der Waals surface area (Å²) in [5.74, 6) is -0.675. The monoisotopic (exact) mass is 204 g/mol. The number of aliphatic hydroxyl groups is 3. The predicted molar refractivity (Wildman–Crippen MR) is 48.2 cm³/mol. The van der Waals surface area contributed by atoms with E-state index < -0.39 is 24.3 Å². The molecule has 14 heavy (non-hydrogen) atoms. The lowest BCUT2D eigenvalue weighted by molar-refractivity contribution is -0.124. The summed E-state index contributed by atoms with van der Waals surface area (Å²) in [6.45, 7) is 1.50. The van der Waals surface area contributed by atoms with E-state index in [-0.39, 0.29) is 12.5 Å². The number of piperidine rings is 1. The van der Waals surface area contributed by atoms with Gasteiger partial charge in [-0.3, -0.25) is 10.1 Å². The molecule has 6 heteroatoms. The first-order valence-electron chi connectivity index (χ1n) is 4.53. The zero-order valence-electron chi connectivity index (χ0n) is 7.97.